The molecule has 0 bridgehead atoms. The highest BCUT2D eigenvalue weighted by atomic mass is 16.2. The van der Waals surface area contributed by atoms with Gasteiger partial charge < -0.3 is 11.1 Å². The monoisotopic (exact) mass is 242 g/mol. The zero-order chi connectivity index (χ0) is 13.5. The molecule has 17 heavy (non-hydrogen) atoms. The van der Waals surface area contributed by atoms with Gasteiger partial charge in [0.25, 0.3) is 0 Å². The maximum Gasteiger partial charge on any atom is 0.227 e. The molecule has 1 atom stereocenters. The van der Waals surface area contributed by atoms with Gasteiger partial charge in [-0.1, -0.05) is 40.5 Å². The van der Waals surface area contributed by atoms with Crippen LogP contribution in [0.15, 0.2) is 0 Å². The van der Waals surface area contributed by atoms with E-state index in [2.05, 4.69) is 26.1 Å². The van der Waals surface area contributed by atoms with Gasteiger partial charge in [-0.05, 0) is 25.7 Å². The standard InChI is InChI=1S/C14H30N2O/c1-6-12(7-2)11(5)16-13(17)14(8-3,9-4)10-15/h11-12H,6-10,15H2,1-5H3,(H,16,17). The molecular weight excluding hydrogens is 212 g/mol. The number of hydrogen-bond acceptors (Lipinski definition) is 2. The summed E-state index contributed by atoms with van der Waals surface area (Å²) >= 11 is 0. The minimum absolute atomic E-state index is 0.129. The summed E-state index contributed by atoms with van der Waals surface area (Å²) < 4.78 is 0. The zero-order valence-corrected chi connectivity index (χ0v) is 12.2. The fraction of sp³-hybridized carbons (Fsp3) is 0.929. The van der Waals surface area contributed by atoms with E-state index in [4.69, 9.17) is 5.73 Å². The molecule has 0 aromatic carbocycles. The number of rotatable bonds is 8. The molecular formula is C14H30N2O. The van der Waals surface area contributed by atoms with E-state index in [0.717, 1.165) is 25.7 Å². The molecule has 0 aliphatic carbocycles. The van der Waals surface area contributed by atoms with Crippen LogP contribution in [0.2, 0.25) is 0 Å². The maximum atomic E-state index is 12.3. The average molecular weight is 242 g/mol. The highest BCUT2D eigenvalue weighted by Gasteiger charge is 2.34. The Morgan fingerprint density at radius 3 is 1.94 bits per heavy atom. The van der Waals surface area contributed by atoms with Crippen LogP contribution in [-0.2, 0) is 4.79 Å². The quantitative estimate of drug-likeness (QED) is 0.687. The van der Waals surface area contributed by atoms with E-state index >= 15 is 0 Å². The summed E-state index contributed by atoms with van der Waals surface area (Å²) in [5, 5.41) is 3.16. The molecule has 0 aromatic rings. The molecule has 0 aliphatic rings. The van der Waals surface area contributed by atoms with Gasteiger partial charge in [0.2, 0.25) is 5.91 Å². The van der Waals surface area contributed by atoms with E-state index in [1.165, 1.54) is 0 Å². The SMILES string of the molecule is CCC(CC)C(C)NC(=O)C(CC)(CC)CN. The first-order valence-corrected chi connectivity index (χ1v) is 7.02. The third kappa shape index (κ3) is 3.98. The second-order valence-electron chi connectivity index (χ2n) is 5.03. The van der Waals surface area contributed by atoms with Crippen LogP contribution in [0.4, 0.5) is 0 Å². The maximum absolute atomic E-state index is 12.3. The van der Waals surface area contributed by atoms with Crippen molar-refractivity contribution in [2.75, 3.05) is 6.54 Å². The van der Waals surface area contributed by atoms with Crippen LogP contribution in [0.3, 0.4) is 0 Å². The van der Waals surface area contributed by atoms with Gasteiger partial charge in [-0.15, -0.1) is 0 Å². The molecule has 0 saturated heterocycles. The number of nitrogens with two attached hydrogens (primary N) is 1. The summed E-state index contributed by atoms with van der Waals surface area (Å²) in [6, 6.07) is 0.238. The van der Waals surface area contributed by atoms with Crippen molar-refractivity contribution in [3.05, 3.63) is 0 Å². The Kier molecular flexibility index (Phi) is 7.44. The van der Waals surface area contributed by atoms with E-state index in [9.17, 15) is 4.79 Å². The van der Waals surface area contributed by atoms with Gasteiger partial charge in [-0.2, -0.15) is 0 Å². The molecule has 3 nitrogen and oxygen atoms in total. The van der Waals surface area contributed by atoms with Crippen LogP contribution >= 0.6 is 0 Å². The molecule has 0 fully saturated rings. The molecule has 102 valence electrons. The Bertz CT molecular complexity index is 212. The van der Waals surface area contributed by atoms with Gasteiger partial charge in [0.1, 0.15) is 0 Å². The fourth-order valence-corrected chi connectivity index (χ4v) is 2.43. The molecule has 1 unspecified atom stereocenters. The van der Waals surface area contributed by atoms with Crippen molar-refractivity contribution in [2.45, 2.75) is 66.3 Å². The topological polar surface area (TPSA) is 55.1 Å². The van der Waals surface area contributed by atoms with Crippen LogP contribution in [0.1, 0.15) is 60.3 Å². The summed E-state index contributed by atoms with van der Waals surface area (Å²) in [7, 11) is 0. The van der Waals surface area contributed by atoms with Crippen molar-refractivity contribution < 1.29 is 4.79 Å². The van der Waals surface area contributed by atoms with Crippen molar-refractivity contribution in [3.63, 3.8) is 0 Å². The highest BCUT2D eigenvalue weighted by molar-refractivity contribution is 5.83. The Balaban J connectivity index is 4.61. The number of hydrogen-bond donors (Lipinski definition) is 2. The molecule has 0 heterocycles. The Labute approximate surface area is 107 Å². The third-order valence-electron chi connectivity index (χ3n) is 4.34. The molecule has 0 aliphatic heterocycles. The summed E-state index contributed by atoms with van der Waals surface area (Å²) in [6.45, 7) is 11.0. The molecule has 0 aromatic heterocycles. The molecule has 0 rings (SSSR count). The minimum atomic E-state index is -0.375. The number of carbonyl (C=O) groups is 1. The smallest absolute Gasteiger partial charge is 0.227 e. The lowest BCUT2D eigenvalue weighted by molar-refractivity contribution is -0.132. The van der Waals surface area contributed by atoms with Gasteiger partial charge in [-0.3, -0.25) is 4.79 Å². The van der Waals surface area contributed by atoms with Crippen LogP contribution in [-0.4, -0.2) is 18.5 Å². The average Bonchev–Trinajstić information content (AvgIpc) is 2.33. The Morgan fingerprint density at radius 2 is 1.65 bits per heavy atom. The van der Waals surface area contributed by atoms with Gasteiger partial charge in [0.15, 0.2) is 0 Å². The van der Waals surface area contributed by atoms with Gasteiger partial charge in [0.05, 0.1) is 5.41 Å². The lowest BCUT2D eigenvalue weighted by Gasteiger charge is -2.32. The minimum Gasteiger partial charge on any atom is -0.353 e. The fourth-order valence-electron chi connectivity index (χ4n) is 2.43. The molecule has 1 amide bonds. The van der Waals surface area contributed by atoms with Crippen molar-refractivity contribution in [1.82, 2.24) is 5.32 Å². The van der Waals surface area contributed by atoms with Crippen molar-refractivity contribution in [2.24, 2.45) is 17.1 Å². The third-order valence-corrected chi connectivity index (χ3v) is 4.34. The lowest BCUT2D eigenvalue weighted by atomic mass is 9.81. The van der Waals surface area contributed by atoms with Gasteiger partial charge >= 0.3 is 0 Å². The Hall–Kier alpha value is -0.570. The zero-order valence-electron chi connectivity index (χ0n) is 12.2. The first-order valence-electron chi connectivity index (χ1n) is 7.02. The molecule has 3 heteroatoms. The summed E-state index contributed by atoms with van der Waals surface area (Å²) in [5.41, 5.74) is 5.41. The Morgan fingerprint density at radius 1 is 1.18 bits per heavy atom. The summed E-state index contributed by atoms with van der Waals surface area (Å²) in [4.78, 5) is 12.3. The highest BCUT2D eigenvalue weighted by Crippen LogP contribution is 2.26. The normalized spacial score (nSPS) is 13.8. The van der Waals surface area contributed by atoms with E-state index in [-0.39, 0.29) is 17.4 Å². The van der Waals surface area contributed by atoms with E-state index in [1.807, 2.05) is 13.8 Å². The largest absolute Gasteiger partial charge is 0.353 e. The number of amides is 1. The van der Waals surface area contributed by atoms with Crippen LogP contribution < -0.4 is 11.1 Å². The lowest BCUT2D eigenvalue weighted by Crippen LogP contribution is -2.49. The second-order valence-corrected chi connectivity index (χ2v) is 5.03. The first-order chi connectivity index (χ1) is 8.01. The van der Waals surface area contributed by atoms with E-state index in [0.29, 0.717) is 12.5 Å². The van der Waals surface area contributed by atoms with Crippen molar-refractivity contribution in [3.8, 4) is 0 Å². The molecule has 3 N–H and O–H groups in total. The van der Waals surface area contributed by atoms with Crippen molar-refractivity contribution in [1.29, 1.82) is 0 Å². The van der Waals surface area contributed by atoms with Crippen LogP contribution in [0, 0.1) is 11.3 Å². The van der Waals surface area contributed by atoms with Gasteiger partial charge in [0, 0.05) is 12.6 Å². The van der Waals surface area contributed by atoms with Crippen LogP contribution in [0.5, 0.6) is 0 Å². The summed E-state index contributed by atoms with van der Waals surface area (Å²) in [5.74, 6) is 0.688. The van der Waals surface area contributed by atoms with Crippen molar-refractivity contribution >= 4 is 5.91 Å². The number of carbonyl (C=O) groups excluding carboxylic acids is 1. The van der Waals surface area contributed by atoms with Gasteiger partial charge in [-0.25, -0.2) is 0 Å². The van der Waals surface area contributed by atoms with E-state index < -0.39 is 0 Å². The predicted molar refractivity (Wildman–Crippen MR) is 73.7 cm³/mol. The van der Waals surface area contributed by atoms with E-state index in [1.54, 1.807) is 0 Å². The predicted octanol–water partition coefficient (Wildman–Crippen LogP) is 2.69. The van der Waals surface area contributed by atoms with Crippen LogP contribution in [0.25, 0.3) is 0 Å². The first kappa shape index (κ1) is 16.4. The molecule has 0 radical (unpaired) electrons. The molecule has 0 saturated carbocycles. The molecule has 0 spiro atoms. The number of nitrogens with one attached hydrogen (secondary N) is 1. The summed E-state index contributed by atoms with van der Waals surface area (Å²) in [6.07, 6.45) is 3.82. The second kappa shape index (κ2) is 7.70.